The highest BCUT2D eigenvalue weighted by molar-refractivity contribution is 7.12. The van der Waals surface area contributed by atoms with Crippen molar-refractivity contribution in [3.05, 3.63) is 57.2 Å². The minimum absolute atomic E-state index is 0.0228. The van der Waals surface area contributed by atoms with E-state index in [0.29, 0.717) is 11.1 Å². The number of para-hydroxylation sites is 2. The highest BCUT2D eigenvalue weighted by Crippen LogP contribution is 2.22. The quantitative estimate of drug-likeness (QED) is 0.261. The topological polar surface area (TPSA) is 116 Å². The number of aromatic nitrogens is 2. The molecule has 3 aromatic rings. The number of aliphatic hydroxyl groups excluding tert-OH is 1. The molecule has 1 aromatic carbocycles. The van der Waals surface area contributed by atoms with E-state index in [1.165, 1.54) is 11.3 Å². The van der Waals surface area contributed by atoms with Gasteiger partial charge in [-0.1, -0.05) is 12.1 Å². The van der Waals surface area contributed by atoms with Gasteiger partial charge in [-0.05, 0) is 32.0 Å². The summed E-state index contributed by atoms with van der Waals surface area (Å²) in [5.41, 5.74) is 1.89. The lowest BCUT2D eigenvalue weighted by atomic mass is 10.1. The van der Waals surface area contributed by atoms with Crippen LogP contribution in [0.1, 0.15) is 38.8 Å². The molecule has 8 heteroatoms. The summed E-state index contributed by atoms with van der Waals surface area (Å²) in [5, 5.41) is 19.5. The molecule has 0 bridgehead atoms. The van der Waals surface area contributed by atoms with Gasteiger partial charge < -0.3 is 14.8 Å². The normalized spacial score (nSPS) is 11.8. The molecule has 0 spiro atoms. The van der Waals surface area contributed by atoms with Gasteiger partial charge in [0.2, 0.25) is 0 Å². The van der Waals surface area contributed by atoms with Crippen molar-refractivity contribution in [3.8, 4) is 6.07 Å². The number of aromatic amines is 1. The van der Waals surface area contributed by atoms with Crippen LogP contribution in [0.25, 0.3) is 16.6 Å². The highest BCUT2D eigenvalue weighted by Gasteiger charge is 2.17. The van der Waals surface area contributed by atoms with Crippen LogP contribution >= 0.6 is 11.3 Å². The number of rotatable bonds is 7. The van der Waals surface area contributed by atoms with Crippen LogP contribution in [0.3, 0.4) is 0 Å². The van der Waals surface area contributed by atoms with Gasteiger partial charge in [0.25, 0.3) is 0 Å². The van der Waals surface area contributed by atoms with E-state index < -0.39 is 18.3 Å². The fourth-order valence-corrected chi connectivity index (χ4v) is 3.82. The Morgan fingerprint density at radius 2 is 2.03 bits per heavy atom. The lowest BCUT2D eigenvalue weighted by Crippen LogP contribution is -2.11. The maximum Gasteiger partial charge on any atom is 0.306 e. The predicted octanol–water partition coefficient (Wildman–Crippen LogP) is 4.24. The maximum absolute atomic E-state index is 12.2. The van der Waals surface area contributed by atoms with Crippen molar-refractivity contribution in [1.29, 1.82) is 5.26 Å². The number of aliphatic hydroxyl groups is 1. The minimum atomic E-state index is -0.628. The number of ether oxygens (including phenoxy) is 1. The zero-order chi connectivity index (χ0) is 21.0. The van der Waals surface area contributed by atoms with Gasteiger partial charge in [-0.2, -0.15) is 5.26 Å². The average Bonchev–Trinajstić information content (AvgIpc) is 3.27. The van der Waals surface area contributed by atoms with Gasteiger partial charge in [-0.25, -0.2) is 4.98 Å². The van der Waals surface area contributed by atoms with E-state index in [1.54, 1.807) is 12.1 Å². The fourth-order valence-electron chi connectivity index (χ4n) is 2.88. The predicted molar refractivity (Wildman–Crippen MR) is 110 cm³/mol. The van der Waals surface area contributed by atoms with Crippen molar-refractivity contribution in [2.45, 2.75) is 26.7 Å². The third-order valence-electron chi connectivity index (χ3n) is 4.29. The number of carbonyl (C=O) groups is 2. The minimum Gasteiger partial charge on any atom is -0.507 e. The van der Waals surface area contributed by atoms with Crippen LogP contribution < -0.4 is 0 Å². The first-order valence-corrected chi connectivity index (χ1v) is 9.74. The summed E-state index contributed by atoms with van der Waals surface area (Å²) in [6.45, 7) is 3.32. The van der Waals surface area contributed by atoms with E-state index in [0.717, 1.165) is 15.3 Å². The molecule has 0 unspecified atom stereocenters. The van der Waals surface area contributed by atoms with Crippen LogP contribution in [0.5, 0.6) is 0 Å². The van der Waals surface area contributed by atoms with Crippen LogP contribution in [0.15, 0.2) is 36.1 Å². The molecule has 0 fully saturated rings. The molecule has 2 N–H and O–H groups in total. The molecule has 0 aliphatic rings. The lowest BCUT2D eigenvalue weighted by Gasteiger charge is -2.05. The monoisotopic (exact) mass is 409 g/mol. The van der Waals surface area contributed by atoms with Gasteiger partial charge in [-0.3, -0.25) is 9.59 Å². The zero-order valence-electron chi connectivity index (χ0n) is 16.0. The van der Waals surface area contributed by atoms with Gasteiger partial charge in [-0.15, -0.1) is 11.3 Å². The Labute approximate surface area is 171 Å². The molecular formula is C21H19N3O4S. The van der Waals surface area contributed by atoms with E-state index in [2.05, 4.69) is 9.97 Å². The average molecular weight is 409 g/mol. The summed E-state index contributed by atoms with van der Waals surface area (Å²) < 4.78 is 5.01. The molecular weight excluding hydrogens is 390 g/mol. The Hall–Kier alpha value is -3.44. The molecule has 29 heavy (non-hydrogen) atoms. The van der Waals surface area contributed by atoms with Crippen LogP contribution in [-0.4, -0.2) is 33.4 Å². The number of nitrogens with zero attached hydrogens (tertiary/aromatic N) is 2. The van der Waals surface area contributed by atoms with Crippen molar-refractivity contribution >= 4 is 39.7 Å². The second-order valence-corrected chi connectivity index (χ2v) is 7.91. The number of H-pyrrole nitrogens is 1. The van der Waals surface area contributed by atoms with Crippen molar-refractivity contribution < 1.29 is 19.4 Å². The van der Waals surface area contributed by atoms with Crippen LogP contribution in [-0.2, 0) is 9.53 Å². The number of ketones is 1. The molecule has 0 aliphatic heterocycles. The third-order valence-corrected chi connectivity index (χ3v) is 5.26. The number of Topliss-reactive ketones (excluding diaryl/α,β-unsaturated/α-hetero) is 1. The zero-order valence-corrected chi connectivity index (χ0v) is 16.8. The molecule has 2 heterocycles. The summed E-state index contributed by atoms with van der Waals surface area (Å²) in [7, 11) is 0. The number of hydrogen-bond acceptors (Lipinski definition) is 7. The van der Waals surface area contributed by atoms with Crippen LogP contribution in [0.4, 0.5) is 0 Å². The molecule has 0 aliphatic carbocycles. The molecule has 148 valence electrons. The van der Waals surface area contributed by atoms with Crippen molar-refractivity contribution in [2.75, 3.05) is 6.61 Å². The molecule has 0 amide bonds. The SMILES string of the molecule is Cc1cc(C(=O)CCC(=O)OCC(O)=C(C#N)c2nc3ccccc3[nH]2)c(C)s1. The number of imidazole rings is 1. The summed E-state index contributed by atoms with van der Waals surface area (Å²) in [4.78, 5) is 33.3. The number of esters is 1. The first-order chi connectivity index (χ1) is 13.9. The lowest BCUT2D eigenvalue weighted by molar-refractivity contribution is -0.143. The molecule has 7 nitrogen and oxygen atoms in total. The van der Waals surface area contributed by atoms with Crippen molar-refractivity contribution in [3.63, 3.8) is 0 Å². The van der Waals surface area contributed by atoms with Crippen LogP contribution in [0, 0.1) is 25.2 Å². The number of allylic oxidation sites excluding steroid dienone is 1. The molecule has 0 saturated carbocycles. The summed E-state index contributed by atoms with van der Waals surface area (Å²) in [5.74, 6) is -0.962. The van der Waals surface area contributed by atoms with E-state index in [-0.39, 0.29) is 30.0 Å². The summed E-state index contributed by atoms with van der Waals surface area (Å²) in [6.07, 6.45) is -0.0814. The Morgan fingerprint density at radius 3 is 2.69 bits per heavy atom. The Kier molecular flexibility index (Phi) is 6.10. The van der Waals surface area contributed by atoms with Crippen molar-refractivity contribution in [2.24, 2.45) is 0 Å². The summed E-state index contributed by atoms with van der Waals surface area (Å²) >= 11 is 1.54. The first kappa shape index (κ1) is 20.3. The number of nitrogens with one attached hydrogen (secondary N) is 1. The number of nitriles is 1. The van der Waals surface area contributed by atoms with E-state index >= 15 is 0 Å². The number of fused-ring (bicyclic) bond motifs is 1. The third kappa shape index (κ3) is 4.70. The molecule has 0 atom stereocenters. The van der Waals surface area contributed by atoms with Gasteiger partial charge >= 0.3 is 5.97 Å². The maximum atomic E-state index is 12.2. The van der Waals surface area contributed by atoms with E-state index in [9.17, 15) is 20.0 Å². The van der Waals surface area contributed by atoms with E-state index in [4.69, 9.17) is 4.74 Å². The second kappa shape index (κ2) is 8.71. The van der Waals surface area contributed by atoms with Gasteiger partial charge in [0.05, 0.1) is 17.5 Å². The standard InChI is InChI=1S/C21H19N3O4S/c1-12-9-14(13(2)29-12)18(25)7-8-20(27)28-11-19(26)15(10-22)21-23-16-5-3-4-6-17(16)24-21/h3-6,9,26H,7-8,11H2,1-2H3,(H,23,24). The van der Waals surface area contributed by atoms with Crippen molar-refractivity contribution in [1.82, 2.24) is 9.97 Å². The van der Waals surface area contributed by atoms with Gasteiger partial charge in [0, 0.05) is 21.7 Å². The number of aryl methyl sites for hydroxylation is 2. The number of benzene rings is 1. The van der Waals surface area contributed by atoms with Gasteiger partial charge in [0.1, 0.15) is 18.2 Å². The van der Waals surface area contributed by atoms with E-state index in [1.807, 2.05) is 38.1 Å². The van der Waals surface area contributed by atoms with Gasteiger partial charge in [0.15, 0.2) is 17.4 Å². The Balaban J connectivity index is 1.60. The molecule has 0 saturated heterocycles. The molecule has 0 radical (unpaired) electrons. The summed E-state index contributed by atoms with van der Waals surface area (Å²) in [6, 6.07) is 10.9. The second-order valence-electron chi connectivity index (χ2n) is 6.45. The number of hydrogen-bond donors (Lipinski definition) is 2. The molecule has 3 rings (SSSR count). The first-order valence-electron chi connectivity index (χ1n) is 8.92. The van der Waals surface area contributed by atoms with Crippen LogP contribution in [0.2, 0.25) is 0 Å². The smallest absolute Gasteiger partial charge is 0.306 e. The molecule has 2 aromatic heterocycles. The number of carbonyl (C=O) groups excluding carboxylic acids is 2. The Morgan fingerprint density at radius 1 is 1.28 bits per heavy atom. The number of thiophene rings is 1. The largest absolute Gasteiger partial charge is 0.507 e. The highest BCUT2D eigenvalue weighted by atomic mass is 32.1. The Bertz CT molecular complexity index is 1120. The fraction of sp³-hybridized carbons (Fsp3) is 0.238.